The number of nitrogens with one attached hydrogen (secondary N) is 2. The maximum atomic E-state index is 13.0. The number of H-pyrrole nitrogens is 1. The molecular weight excluding hydrogens is 458 g/mol. The number of aryl methyl sites for hydroxylation is 2. The number of nitrogens with zero attached hydrogens (tertiary/aromatic N) is 3. The number of amides is 1. The van der Waals surface area contributed by atoms with E-state index in [1.54, 1.807) is 12.1 Å². The molecule has 0 saturated heterocycles. The van der Waals surface area contributed by atoms with Crippen LogP contribution < -0.4 is 10.9 Å². The van der Waals surface area contributed by atoms with Gasteiger partial charge in [-0.2, -0.15) is 9.78 Å². The normalized spacial score (nSPS) is 10.9. The van der Waals surface area contributed by atoms with Crippen molar-refractivity contribution in [2.24, 2.45) is 0 Å². The van der Waals surface area contributed by atoms with E-state index in [-0.39, 0.29) is 17.4 Å². The van der Waals surface area contributed by atoms with Crippen LogP contribution in [0.15, 0.2) is 83.0 Å². The van der Waals surface area contributed by atoms with Gasteiger partial charge in [0.05, 0.1) is 10.6 Å². The van der Waals surface area contributed by atoms with Gasteiger partial charge in [0.25, 0.3) is 11.5 Å². The Bertz CT molecular complexity index is 1550. The summed E-state index contributed by atoms with van der Waals surface area (Å²) in [5.74, 6) is 0.386. The summed E-state index contributed by atoms with van der Waals surface area (Å²) < 4.78 is 1.48. The quantitative estimate of drug-likeness (QED) is 0.351. The number of carbonyl (C=O) groups excluding carboxylic acids is 1. The Kier molecular flexibility index (Phi) is 6.12. The van der Waals surface area contributed by atoms with Gasteiger partial charge in [-0.15, -0.1) is 11.3 Å². The molecule has 8 heteroatoms. The Morgan fingerprint density at radius 2 is 1.86 bits per heavy atom. The van der Waals surface area contributed by atoms with Gasteiger partial charge in [-0.1, -0.05) is 54.1 Å². The van der Waals surface area contributed by atoms with Crippen molar-refractivity contribution in [3.05, 3.63) is 116 Å². The SMILES string of the molecule is Cc1cccc(C(=O)Nc2cc(-c3cccs3)nn2-c2nc(C)c(Cc3ccccc3)c(=O)[nH]2)c1. The van der Waals surface area contributed by atoms with Crippen LogP contribution in [0.3, 0.4) is 0 Å². The van der Waals surface area contributed by atoms with Gasteiger partial charge < -0.3 is 5.32 Å². The highest BCUT2D eigenvalue weighted by molar-refractivity contribution is 7.13. The van der Waals surface area contributed by atoms with Crippen molar-refractivity contribution in [1.82, 2.24) is 19.7 Å². The van der Waals surface area contributed by atoms with E-state index in [2.05, 4.69) is 20.4 Å². The number of carbonyl (C=O) groups is 1. The molecule has 0 radical (unpaired) electrons. The third-order valence-corrected chi connectivity index (χ3v) is 6.53. The maximum absolute atomic E-state index is 13.0. The molecule has 0 atom stereocenters. The molecule has 35 heavy (non-hydrogen) atoms. The summed E-state index contributed by atoms with van der Waals surface area (Å²) in [5.41, 5.74) is 4.19. The van der Waals surface area contributed by atoms with Gasteiger partial charge >= 0.3 is 0 Å². The Labute approximate surface area is 206 Å². The second kappa shape index (κ2) is 9.52. The van der Waals surface area contributed by atoms with E-state index in [1.165, 1.54) is 16.0 Å². The second-order valence-corrected chi connectivity index (χ2v) is 9.19. The Morgan fingerprint density at radius 3 is 2.57 bits per heavy atom. The molecule has 0 saturated carbocycles. The van der Waals surface area contributed by atoms with Crippen LogP contribution in [0.1, 0.15) is 32.7 Å². The molecule has 0 bridgehead atoms. The number of rotatable bonds is 6. The highest BCUT2D eigenvalue weighted by atomic mass is 32.1. The molecule has 7 nitrogen and oxygen atoms in total. The van der Waals surface area contributed by atoms with Gasteiger partial charge in [0.15, 0.2) is 0 Å². The number of thiophene rings is 1. The van der Waals surface area contributed by atoms with Crippen molar-refractivity contribution in [3.8, 4) is 16.5 Å². The summed E-state index contributed by atoms with van der Waals surface area (Å²) in [6.07, 6.45) is 0.478. The van der Waals surface area contributed by atoms with Crippen LogP contribution in [0, 0.1) is 13.8 Å². The molecule has 5 rings (SSSR count). The molecule has 1 amide bonds. The standard InChI is InChI=1S/C27H23N5O2S/c1-17-8-6-11-20(14-17)25(33)29-24-16-22(23-12-7-13-35-23)31-32(24)27-28-18(2)21(26(34)30-27)15-19-9-4-3-5-10-19/h3-14,16H,15H2,1-2H3,(H,29,33)(H,28,30,34). The lowest BCUT2D eigenvalue weighted by molar-refractivity contribution is 0.102. The smallest absolute Gasteiger partial charge is 0.256 e. The van der Waals surface area contributed by atoms with Crippen LogP contribution in [0.4, 0.5) is 5.82 Å². The monoisotopic (exact) mass is 481 g/mol. The third kappa shape index (κ3) is 4.83. The molecule has 3 aromatic heterocycles. The van der Waals surface area contributed by atoms with Crippen molar-refractivity contribution in [3.63, 3.8) is 0 Å². The predicted octanol–water partition coefficient (Wildman–Crippen LogP) is 5.14. The average Bonchev–Trinajstić information content (AvgIpc) is 3.52. The number of benzene rings is 2. The molecule has 2 N–H and O–H groups in total. The van der Waals surface area contributed by atoms with Gasteiger partial charge in [0.2, 0.25) is 5.95 Å². The molecule has 5 aromatic rings. The van der Waals surface area contributed by atoms with Crippen molar-refractivity contribution < 1.29 is 4.79 Å². The number of hydrogen-bond acceptors (Lipinski definition) is 5. The number of aromatic nitrogens is 4. The first-order valence-electron chi connectivity index (χ1n) is 11.1. The molecule has 0 aliphatic rings. The fourth-order valence-corrected chi connectivity index (χ4v) is 4.54. The Hall–Kier alpha value is -4.30. The average molecular weight is 482 g/mol. The highest BCUT2D eigenvalue weighted by Gasteiger charge is 2.18. The summed E-state index contributed by atoms with van der Waals surface area (Å²) in [4.78, 5) is 34.5. The van der Waals surface area contributed by atoms with Crippen LogP contribution in [-0.4, -0.2) is 25.7 Å². The molecule has 2 aromatic carbocycles. The number of hydrogen-bond donors (Lipinski definition) is 2. The summed E-state index contributed by atoms with van der Waals surface area (Å²) in [5, 5.41) is 9.56. The van der Waals surface area contributed by atoms with Gasteiger partial charge in [-0.3, -0.25) is 14.6 Å². The zero-order valence-corrected chi connectivity index (χ0v) is 20.1. The Balaban J connectivity index is 1.54. The lowest BCUT2D eigenvalue weighted by Gasteiger charge is -2.11. The molecule has 0 unspecified atom stereocenters. The number of anilines is 1. The van der Waals surface area contributed by atoms with Crippen molar-refractivity contribution >= 4 is 23.1 Å². The minimum atomic E-state index is -0.271. The minimum absolute atomic E-state index is 0.236. The summed E-state index contributed by atoms with van der Waals surface area (Å²) in [6, 6.07) is 22.8. The van der Waals surface area contributed by atoms with E-state index in [9.17, 15) is 9.59 Å². The lowest BCUT2D eigenvalue weighted by Crippen LogP contribution is -2.22. The molecular formula is C27H23N5O2S. The van der Waals surface area contributed by atoms with E-state index in [0.29, 0.717) is 34.8 Å². The molecule has 0 aliphatic heterocycles. The van der Waals surface area contributed by atoms with Crippen LogP contribution in [0.2, 0.25) is 0 Å². The van der Waals surface area contributed by atoms with Crippen molar-refractivity contribution in [2.75, 3.05) is 5.32 Å². The zero-order chi connectivity index (χ0) is 24.4. The van der Waals surface area contributed by atoms with Crippen molar-refractivity contribution in [2.45, 2.75) is 20.3 Å². The van der Waals surface area contributed by atoms with Gasteiger partial charge in [-0.25, -0.2) is 4.98 Å². The van der Waals surface area contributed by atoms with E-state index in [4.69, 9.17) is 0 Å². The second-order valence-electron chi connectivity index (χ2n) is 8.24. The van der Waals surface area contributed by atoms with E-state index >= 15 is 0 Å². The fraction of sp³-hybridized carbons (Fsp3) is 0.111. The van der Waals surface area contributed by atoms with Crippen LogP contribution in [-0.2, 0) is 6.42 Å². The zero-order valence-electron chi connectivity index (χ0n) is 19.3. The Morgan fingerprint density at radius 1 is 1.03 bits per heavy atom. The summed E-state index contributed by atoms with van der Waals surface area (Å²) in [7, 11) is 0. The summed E-state index contributed by atoms with van der Waals surface area (Å²) >= 11 is 1.54. The van der Waals surface area contributed by atoms with Gasteiger partial charge in [0, 0.05) is 23.6 Å². The fourth-order valence-electron chi connectivity index (χ4n) is 3.86. The number of aromatic amines is 1. The van der Waals surface area contributed by atoms with Crippen LogP contribution in [0.25, 0.3) is 16.5 Å². The van der Waals surface area contributed by atoms with Gasteiger partial charge in [-0.05, 0) is 43.0 Å². The van der Waals surface area contributed by atoms with Gasteiger partial charge in [0.1, 0.15) is 11.5 Å². The molecule has 0 spiro atoms. The third-order valence-electron chi connectivity index (χ3n) is 5.64. The molecule has 0 aliphatic carbocycles. The molecule has 3 heterocycles. The van der Waals surface area contributed by atoms with E-state index in [0.717, 1.165) is 16.0 Å². The van der Waals surface area contributed by atoms with Crippen molar-refractivity contribution in [1.29, 1.82) is 0 Å². The first-order valence-corrected chi connectivity index (χ1v) is 12.0. The first-order chi connectivity index (χ1) is 17.0. The largest absolute Gasteiger partial charge is 0.306 e. The first kappa shape index (κ1) is 22.5. The highest BCUT2D eigenvalue weighted by Crippen LogP contribution is 2.27. The lowest BCUT2D eigenvalue weighted by atomic mass is 10.1. The minimum Gasteiger partial charge on any atom is -0.306 e. The van der Waals surface area contributed by atoms with E-state index < -0.39 is 0 Å². The molecule has 174 valence electrons. The van der Waals surface area contributed by atoms with Crippen LogP contribution in [0.5, 0.6) is 0 Å². The molecule has 0 fully saturated rings. The maximum Gasteiger partial charge on any atom is 0.256 e. The topological polar surface area (TPSA) is 92.7 Å². The summed E-state index contributed by atoms with van der Waals surface area (Å²) in [6.45, 7) is 3.75. The van der Waals surface area contributed by atoms with E-state index in [1.807, 2.05) is 79.9 Å². The van der Waals surface area contributed by atoms with Crippen LogP contribution >= 0.6 is 11.3 Å². The predicted molar refractivity (Wildman–Crippen MR) is 138 cm³/mol.